The van der Waals surface area contributed by atoms with E-state index in [9.17, 15) is 13.9 Å². The smallest absolute Gasteiger partial charge is 0.248 e. The Bertz CT molecular complexity index is 1170. The molecule has 7 heteroatoms. The zero-order chi connectivity index (χ0) is 27.5. The van der Waals surface area contributed by atoms with Crippen LogP contribution in [0.25, 0.3) is 22.3 Å². The molecule has 5 nitrogen and oxygen atoms in total. The van der Waals surface area contributed by atoms with Crippen molar-refractivity contribution in [1.82, 2.24) is 0 Å². The van der Waals surface area contributed by atoms with E-state index in [0.717, 1.165) is 29.5 Å². The fraction of sp³-hybridized carbons (Fsp3) is 0.484. The molecule has 0 aliphatic heterocycles. The van der Waals surface area contributed by atoms with Gasteiger partial charge in [-0.2, -0.15) is 0 Å². The number of aliphatic hydroxyl groups excluding tert-OH is 1. The summed E-state index contributed by atoms with van der Waals surface area (Å²) in [5.41, 5.74) is 3.23. The molecule has 208 valence electrons. The fourth-order valence-electron chi connectivity index (χ4n) is 4.22. The average Bonchev–Trinajstić information content (AvgIpc) is 3.32. The first kappa shape index (κ1) is 29.7. The van der Waals surface area contributed by atoms with Crippen molar-refractivity contribution in [2.75, 3.05) is 20.3 Å². The summed E-state index contributed by atoms with van der Waals surface area (Å²) < 4.78 is 50.9. The highest BCUT2D eigenvalue weighted by Gasteiger charge is 2.27. The van der Waals surface area contributed by atoms with Crippen LogP contribution in [0.3, 0.4) is 0 Å². The van der Waals surface area contributed by atoms with Gasteiger partial charge in [0, 0.05) is 24.3 Å². The van der Waals surface area contributed by atoms with E-state index in [2.05, 4.69) is 25.6 Å². The van der Waals surface area contributed by atoms with Gasteiger partial charge < -0.3 is 23.7 Å². The number of rotatable bonds is 17. The highest BCUT2D eigenvalue weighted by Crippen LogP contribution is 2.36. The molecule has 1 heterocycles. The molecule has 1 unspecified atom stereocenters. The van der Waals surface area contributed by atoms with Gasteiger partial charge in [0.1, 0.15) is 22.8 Å². The summed E-state index contributed by atoms with van der Waals surface area (Å²) in [5.74, 6) is -0.768. The van der Waals surface area contributed by atoms with E-state index in [4.69, 9.17) is 18.6 Å². The van der Waals surface area contributed by atoms with Crippen molar-refractivity contribution in [3.05, 3.63) is 60.2 Å². The molecule has 1 aromatic heterocycles. The molecule has 0 bridgehead atoms. The zero-order valence-electron chi connectivity index (χ0n) is 22.7. The lowest BCUT2D eigenvalue weighted by atomic mass is 10.0. The number of halogens is 2. The summed E-state index contributed by atoms with van der Waals surface area (Å²) in [6.07, 6.45) is 3.24. The van der Waals surface area contributed by atoms with Crippen LogP contribution in [0.4, 0.5) is 8.78 Å². The first-order valence-corrected chi connectivity index (χ1v) is 13.4. The van der Waals surface area contributed by atoms with Crippen LogP contribution in [0.15, 0.2) is 59.0 Å². The number of fused-ring (bicyclic) bond motifs is 1. The molecule has 0 aliphatic rings. The Morgan fingerprint density at radius 1 is 1.03 bits per heavy atom. The van der Waals surface area contributed by atoms with Crippen molar-refractivity contribution in [2.45, 2.75) is 77.4 Å². The van der Waals surface area contributed by atoms with E-state index in [1.54, 1.807) is 20.1 Å². The van der Waals surface area contributed by atoms with Crippen LogP contribution < -0.4 is 9.47 Å². The highest BCUT2D eigenvalue weighted by molar-refractivity contribution is 5.85. The van der Waals surface area contributed by atoms with Crippen LogP contribution in [0.2, 0.25) is 0 Å². The Balaban J connectivity index is 1.52. The molecule has 38 heavy (non-hydrogen) atoms. The van der Waals surface area contributed by atoms with E-state index in [1.165, 1.54) is 18.4 Å². The molecule has 0 fully saturated rings. The van der Waals surface area contributed by atoms with Crippen LogP contribution in [-0.4, -0.2) is 37.6 Å². The van der Waals surface area contributed by atoms with Gasteiger partial charge in [-0.25, -0.2) is 8.78 Å². The van der Waals surface area contributed by atoms with Gasteiger partial charge in [-0.05, 0) is 74.1 Å². The van der Waals surface area contributed by atoms with E-state index >= 15 is 0 Å². The average molecular weight is 531 g/mol. The molecule has 0 saturated carbocycles. The summed E-state index contributed by atoms with van der Waals surface area (Å²) in [6.45, 7) is 7.60. The molecule has 0 spiro atoms. The minimum Gasteiger partial charge on any atom is -0.496 e. The molecule has 3 aromatic rings. The Morgan fingerprint density at radius 3 is 2.50 bits per heavy atom. The lowest BCUT2D eigenvalue weighted by Gasteiger charge is -2.17. The summed E-state index contributed by atoms with van der Waals surface area (Å²) in [5, 5.41) is 10.4. The molecular formula is C31H40F2O5. The van der Waals surface area contributed by atoms with Crippen molar-refractivity contribution in [2.24, 2.45) is 0 Å². The fourth-order valence-corrected chi connectivity index (χ4v) is 4.22. The predicted molar refractivity (Wildman–Crippen MR) is 147 cm³/mol. The first-order valence-electron chi connectivity index (χ1n) is 13.4. The third-order valence-corrected chi connectivity index (χ3v) is 6.43. The number of furan rings is 1. The standard InChI is InChI=1S/C31H40F2O5/c1-5-6-7-10-23-11-14-26(28(19-23)35-4)29-20-24-12-13-25(21-27(24)38-29)36-17-8-15-31(32,33)16-9-18-37-30(34)22(2)3/h11-14,19-21,30,34H,2,5-10,15-18H2,1,3-4H3. The van der Waals surface area contributed by atoms with E-state index < -0.39 is 12.2 Å². The molecular weight excluding hydrogens is 490 g/mol. The summed E-state index contributed by atoms with van der Waals surface area (Å²) in [7, 11) is 1.66. The molecule has 3 rings (SSSR count). The second kappa shape index (κ2) is 14.3. The minimum atomic E-state index is -2.81. The molecule has 0 saturated heterocycles. The maximum Gasteiger partial charge on any atom is 0.248 e. The van der Waals surface area contributed by atoms with Gasteiger partial charge in [0.2, 0.25) is 5.92 Å². The van der Waals surface area contributed by atoms with Crippen molar-refractivity contribution < 1.29 is 32.5 Å². The first-order chi connectivity index (χ1) is 18.2. The summed E-state index contributed by atoms with van der Waals surface area (Å²) >= 11 is 0. The maximum absolute atomic E-state index is 14.2. The Labute approximate surface area is 224 Å². The van der Waals surface area contributed by atoms with E-state index in [0.29, 0.717) is 22.7 Å². The van der Waals surface area contributed by atoms with E-state index in [-0.39, 0.29) is 38.9 Å². The number of aliphatic hydroxyl groups is 1. The Morgan fingerprint density at radius 2 is 1.79 bits per heavy atom. The monoisotopic (exact) mass is 530 g/mol. The molecule has 0 aliphatic carbocycles. The van der Waals surface area contributed by atoms with Crippen molar-refractivity contribution in [3.8, 4) is 22.8 Å². The third-order valence-electron chi connectivity index (χ3n) is 6.43. The highest BCUT2D eigenvalue weighted by atomic mass is 19.3. The Hall–Kier alpha value is -2.90. The second-order valence-corrected chi connectivity index (χ2v) is 9.78. The molecule has 0 radical (unpaired) electrons. The van der Waals surface area contributed by atoms with Crippen LogP contribution in [0.5, 0.6) is 11.5 Å². The van der Waals surface area contributed by atoms with Gasteiger partial charge in [-0.1, -0.05) is 32.4 Å². The predicted octanol–water partition coefficient (Wildman–Crippen LogP) is 8.33. The van der Waals surface area contributed by atoms with Gasteiger partial charge in [0.15, 0.2) is 6.29 Å². The topological polar surface area (TPSA) is 61.1 Å². The minimum absolute atomic E-state index is 0.0558. The van der Waals surface area contributed by atoms with Gasteiger partial charge in [0.05, 0.1) is 25.9 Å². The number of hydrogen-bond acceptors (Lipinski definition) is 5. The molecule has 0 amide bonds. The van der Waals surface area contributed by atoms with Crippen molar-refractivity contribution in [3.63, 3.8) is 0 Å². The number of unbranched alkanes of at least 4 members (excludes halogenated alkanes) is 2. The van der Waals surface area contributed by atoms with Crippen molar-refractivity contribution >= 4 is 11.0 Å². The number of alkyl halides is 2. The third kappa shape index (κ3) is 8.84. The molecule has 1 atom stereocenters. The van der Waals surface area contributed by atoms with Crippen LogP contribution in [0.1, 0.15) is 64.4 Å². The van der Waals surface area contributed by atoms with Gasteiger partial charge in [0.25, 0.3) is 0 Å². The summed E-state index contributed by atoms with van der Waals surface area (Å²) in [4.78, 5) is 0. The largest absolute Gasteiger partial charge is 0.496 e. The number of methoxy groups -OCH3 is 1. The quantitative estimate of drug-likeness (QED) is 0.108. The van der Waals surface area contributed by atoms with Gasteiger partial charge >= 0.3 is 0 Å². The lowest BCUT2D eigenvalue weighted by Crippen LogP contribution is -2.19. The number of benzene rings is 2. The van der Waals surface area contributed by atoms with Gasteiger partial charge in [-0.3, -0.25) is 0 Å². The molecule has 1 N–H and O–H groups in total. The van der Waals surface area contributed by atoms with Crippen LogP contribution in [-0.2, 0) is 11.2 Å². The normalized spacial score (nSPS) is 12.6. The summed E-state index contributed by atoms with van der Waals surface area (Å²) in [6, 6.07) is 13.7. The molecule has 2 aromatic carbocycles. The lowest BCUT2D eigenvalue weighted by molar-refractivity contribution is -0.0830. The van der Waals surface area contributed by atoms with E-state index in [1.807, 2.05) is 24.3 Å². The van der Waals surface area contributed by atoms with Gasteiger partial charge in [-0.15, -0.1) is 0 Å². The Kier molecular flexibility index (Phi) is 11.2. The maximum atomic E-state index is 14.2. The van der Waals surface area contributed by atoms with Crippen molar-refractivity contribution in [1.29, 1.82) is 0 Å². The van der Waals surface area contributed by atoms with Crippen LogP contribution >= 0.6 is 0 Å². The zero-order valence-corrected chi connectivity index (χ0v) is 22.7. The SMILES string of the molecule is C=C(C)C(O)OCCCC(F)(F)CCCOc1ccc2cc(-c3ccc(CCCCC)cc3OC)oc2c1. The van der Waals surface area contributed by atoms with Crippen LogP contribution in [0, 0.1) is 0 Å². The number of hydrogen-bond donors (Lipinski definition) is 1. The number of ether oxygens (including phenoxy) is 3. The second-order valence-electron chi connectivity index (χ2n) is 9.78. The number of aryl methyl sites for hydroxylation is 1.